The SMILES string of the molecule is CNC[C@@H]1CCN(C(=O)c2csc3ccccc23)C1. The zero-order chi connectivity index (χ0) is 13.2. The molecule has 1 aliphatic rings. The van der Waals surface area contributed by atoms with E-state index >= 15 is 0 Å². The third-order valence-electron chi connectivity index (χ3n) is 3.78. The number of hydrogen-bond acceptors (Lipinski definition) is 3. The lowest BCUT2D eigenvalue weighted by Crippen LogP contribution is -2.30. The minimum atomic E-state index is 0.191. The van der Waals surface area contributed by atoms with Gasteiger partial charge >= 0.3 is 0 Å². The Labute approximate surface area is 117 Å². The van der Waals surface area contributed by atoms with Gasteiger partial charge in [-0.15, -0.1) is 11.3 Å². The Morgan fingerprint density at radius 2 is 2.32 bits per heavy atom. The summed E-state index contributed by atoms with van der Waals surface area (Å²) in [6.07, 6.45) is 1.11. The molecule has 1 fully saturated rings. The van der Waals surface area contributed by atoms with Crippen LogP contribution < -0.4 is 5.32 Å². The summed E-state index contributed by atoms with van der Waals surface area (Å²) in [6, 6.07) is 8.14. The fourth-order valence-electron chi connectivity index (χ4n) is 2.79. The first kappa shape index (κ1) is 12.6. The van der Waals surface area contributed by atoms with Gasteiger partial charge in [0.1, 0.15) is 0 Å². The van der Waals surface area contributed by atoms with Crippen molar-refractivity contribution in [2.24, 2.45) is 5.92 Å². The molecular formula is C15H18N2OS. The second-order valence-corrected chi connectivity index (χ2v) is 6.02. The van der Waals surface area contributed by atoms with Crippen LogP contribution in [0.1, 0.15) is 16.8 Å². The molecule has 1 N–H and O–H groups in total. The van der Waals surface area contributed by atoms with Crippen LogP contribution in [-0.4, -0.2) is 37.5 Å². The topological polar surface area (TPSA) is 32.3 Å². The first-order valence-electron chi connectivity index (χ1n) is 6.69. The van der Waals surface area contributed by atoms with Crippen LogP contribution in [0.15, 0.2) is 29.6 Å². The summed E-state index contributed by atoms with van der Waals surface area (Å²) >= 11 is 1.65. The second kappa shape index (κ2) is 5.31. The quantitative estimate of drug-likeness (QED) is 0.933. The van der Waals surface area contributed by atoms with Gasteiger partial charge in [-0.05, 0) is 32.0 Å². The maximum absolute atomic E-state index is 12.6. The Morgan fingerprint density at radius 1 is 1.47 bits per heavy atom. The Kier molecular flexibility index (Phi) is 3.53. The average Bonchev–Trinajstić information content (AvgIpc) is 3.05. The number of rotatable bonds is 3. The molecule has 1 saturated heterocycles. The molecule has 3 rings (SSSR count). The molecule has 0 bridgehead atoms. The molecule has 2 aromatic rings. The molecule has 1 atom stereocenters. The normalized spacial score (nSPS) is 19.2. The molecular weight excluding hydrogens is 256 g/mol. The number of benzene rings is 1. The molecule has 2 heterocycles. The summed E-state index contributed by atoms with van der Waals surface area (Å²) in [5.41, 5.74) is 0.866. The van der Waals surface area contributed by atoms with Gasteiger partial charge in [-0.25, -0.2) is 0 Å². The van der Waals surface area contributed by atoms with Crippen molar-refractivity contribution in [3.05, 3.63) is 35.2 Å². The Balaban J connectivity index is 1.81. The standard InChI is InChI=1S/C15H18N2OS/c1-16-8-11-6-7-17(9-11)15(18)13-10-19-14-5-3-2-4-12(13)14/h2-5,10-11,16H,6-9H2,1H3/t11-/m0/s1. The number of thiophene rings is 1. The van der Waals surface area contributed by atoms with E-state index in [1.54, 1.807) is 11.3 Å². The maximum atomic E-state index is 12.6. The van der Waals surface area contributed by atoms with E-state index in [-0.39, 0.29) is 5.91 Å². The summed E-state index contributed by atoms with van der Waals surface area (Å²) in [5, 5.41) is 6.29. The van der Waals surface area contributed by atoms with Gasteiger partial charge in [0.2, 0.25) is 0 Å². The van der Waals surface area contributed by atoms with Crippen molar-refractivity contribution in [3.8, 4) is 0 Å². The lowest BCUT2D eigenvalue weighted by Gasteiger charge is -2.16. The van der Waals surface area contributed by atoms with Gasteiger partial charge in [0.15, 0.2) is 0 Å². The van der Waals surface area contributed by atoms with E-state index in [1.165, 1.54) is 4.70 Å². The van der Waals surface area contributed by atoms with Crippen LogP contribution in [0.2, 0.25) is 0 Å². The van der Waals surface area contributed by atoms with Crippen molar-refractivity contribution in [2.45, 2.75) is 6.42 Å². The molecule has 0 spiro atoms. The molecule has 1 aromatic carbocycles. The van der Waals surface area contributed by atoms with E-state index in [2.05, 4.69) is 11.4 Å². The zero-order valence-electron chi connectivity index (χ0n) is 11.1. The Morgan fingerprint density at radius 3 is 3.16 bits per heavy atom. The fourth-order valence-corrected chi connectivity index (χ4v) is 3.72. The number of amides is 1. The molecule has 3 nitrogen and oxygen atoms in total. The summed E-state index contributed by atoms with van der Waals surface area (Å²) < 4.78 is 1.19. The summed E-state index contributed by atoms with van der Waals surface area (Å²) in [4.78, 5) is 14.6. The van der Waals surface area contributed by atoms with Crippen molar-refractivity contribution in [1.29, 1.82) is 0 Å². The van der Waals surface area contributed by atoms with Crippen LogP contribution in [-0.2, 0) is 0 Å². The largest absolute Gasteiger partial charge is 0.338 e. The van der Waals surface area contributed by atoms with Crippen LogP contribution in [0.3, 0.4) is 0 Å². The summed E-state index contributed by atoms with van der Waals surface area (Å²) in [6.45, 7) is 2.76. The van der Waals surface area contributed by atoms with Gasteiger partial charge in [0, 0.05) is 28.6 Å². The van der Waals surface area contributed by atoms with Crippen molar-refractivity contribution in [3.63, 3.8) is 0 Å². The first-order valence-corrected chi connectivity index (χ1v) is 7.57. The molecule has 0 aliphatic carbocycles. The number of carbonyl (C=O) groups is 1. The summed E-state index contributed by atoms with van der Waals surface area (Å²) in [7, 11) is 1.97. The number of fused-ring (bicyclic) bond motifs is 1. The fraction of sp³-hybridized carbons (Fsp3) is 0.400. The highest BCUT2D eigenvalue weighted by Gasteiger charge is 2.27. The van der Waals surface area contributed by atoms with Crippen LogP contribution in [0.4, 0.5) is 0 Å². The minimum absolute atomic E-state index is 0.191. The Hall–Kier alpha value is -1.39. The van der Waals surface area contributed by atoms with E-state index in [0.29, 0.717) is 5.92 Å². The van der Waals surface area contributed by atoms with E-state index in [0.717, 1.165) is 37.0 Å². The number of likely N-dealkylation sites (tertiary alicyclic amines) is 1. The molecule has 1 amide bonds. The molecule has 0 unspecified atom stereocenters. The van der Waals surface area contributed by atoms with Crippen molar-refractivity contribution >= 4 is 27.3 Å². The highest BCUT2D eigenvalue weighted by molar-refractivity contribution is 7.17. The third-order valence-corrected chi connectivity index (χ3v) is 4.74. The molecule has 4 heteroatoms. The lowest BCUT2D eigenvalue weighted by molar-refractivity contribution is 0.0789. The zero-order valence-corrected chi connectivity index (χ0v) is 11.9. The number of carbonyl (C=O) groups excluding carboxylic acids is 1. The van der Waals surface area contributed by atoms with E-state index in [9.17, 15) is 4.79 Å². The van der Waals surface area contributed by atoms with E-state index < -0.39 is 0 Å². The van der Waals surface area contributed by atoms with Crippen molar-refractivity contribution in [1.82, 2.24) is 10.2 Å². The van der Waals surface area contributed by atoms with Crippen LogP contribution in [0, 0.1) is 5.92 Å². The molecule has 0 radical (unpaired) electrons. The predicted molar refractivity (Wildman–Crippen MR) is 79.8 cm³/mol. The van der Waals surface area contributed by atoms with Gasteiger partial charge in [-0.1, -0.05) is 18.2 Å². The van der Waals surface area contributed by atoms with Crippen LogP contribution in [0.5, 0.6) is 0 Å². The Bertz CT molecular complexity index is 593. The monoisotopic (exact) mass is 274 g/mol. The van der Waals surface area contributed by atoms with Gasteiger partial charge in [-0.3, -0.25) is 4.79 Å². The summed E-state index contributed by atoms with van der Waals surface area (Å²) in [5.74, 6) is 0.787. The smallest absolute Gasteiger partial charge is 0.255 e. The van der Waals surface area contributed by atoms with Crippen molar-refractivity contribution < 1.29 is 4.79 Å². The van der Waals surface area contributed by atoms with E-state index in [4.69, 9.17) is 0 Å². The maximum Gasteiger partial charge on any atom is 0.255 e. The average molecular weight is 274 g/mol. The number of nitrogens with one attached hydrogen (secondary N) is 1. The van der Waals surface area contributed by atoms with Crippen molar-refractivity contribution in [2.75, 3.05) is 26.7 Å². The first-order chi connectivity index (χ1) is 9.29. The van der Waals surface area contributed by atoms with Crippen LogP contribution >= 0.6 is 11.3 Å². The highest BCUT2D eigenvalue weighted by Crippen LogP contribution is 2.28. The second-order valence-electron chi connectivity index (χ2n) is 5.11. The minimum Gasteiger partial charge on any atom is -0.338 e. The van der Waals surface area contributed by atoms with Gasteiger partial charge in [-0.2, -0.15) is 0 Å². The molecule has 0 saturated carbocycles. The predicted octanol–water partition coefficient (Wildman–Crippen LogP) is 2.58. The molecule has 19 heavy (non-hydrogen) atoms. The van der Waals surface area contributed by atoms with Gasteiger partial charge in [0.05, 0.1) is 5.56 Å². The molecule has 1 aromatic heterocycles. The molecule has 1 aliphatic heterocycles. The number of nitrogens with zero attached hydrogens (tertiary/aromatic N) is 1. The van der Waals surface area contributed by atoms with Gasteiger partial charge < -0.3 is 10.2 Å². The van der Waals surface area contributed by atoms with Gasteiger partial charge in [0.25, 0.3) is 5.91 Å². The van der Waals surface area contributed by atoms with Crippen LogP contribution in [0.25, 0.3) is 10.1 Å². The molecule has 100 valence electrons. The highest BCUT2D eigenvalue weighted by atomic mass is 32.1. The lowest BCUT2D eigenvalue weighted by atomic mass is 10.1. The van der Waals surface area contributed by atoms with E-state index in [1.807, 2.05) is 35.5 Å². The third kappa shape index (κ3) is 2.38. The number of hydrogen-bond donors (Lipinski definition) is 1.